The van der Waals surface area contributed by atoms with Crippen molar-refractivity contribution in [2.24, 2.45) is 5.92 Å². The molecule has 0 unspecified atom stereocenters. The summed E-state index contributed by atoms with van der Waals surface area (Å²) in [5.74, 6) is 0.160. The van der Waals surface area contributed by atoms with Crippen LogP contribution in [0.2, 0.25) is 0 Å². The molecular weight excluding hydrogens is 278 g/mol. The number of amides is 1. The van der Waals surface area contributed by atoms with Crippen molar-refractivity contribution in [1.82, 2.24) is 15.1 Å². The first-order valence-electron chi connectivity index (χ1n) is 8.73. The number of Topliss-reactive ketones (excluding diaryl/α,β-unsaturated/α-hetero) is 1. The van der Waals surface area contributed by atoms with E-state index in [-0.39, 0.29) is 23.7 Å². The molecule has 0 radical (unpaired) electrons. The van der Waals surface area contributed by atoms with Gasteiger partial charge in [0.25, 0.3) is 0 Å². The highest BCUT2D eigenvalue weighted by atomic mass is 16.2. The third-order valence-corrected chi connectivity index (χ3v) is 4.93. The fourth-order valence-corrected chi connectivity index (χ4v) is 3.74. The molecule has 2 atom stereocenters. The molecule has 1 amide bonds. The number of carbonyl (C=O) groups excluding carboxylic acids is 2. The van der Waals surface area contributed by atoms with Crippen LogP contribution in [0, 0.1) is 5.92 Å². The summed E-state index contributed by atoms with van der Waals surface area (Å²) < 4.78 is 0. The lowest BCUT2D eigenvalue weighted by Gasteiger charge is -2.37. The molecule has 2 rings (SSSR count). The zero-order valence-electron chi connectivity index (χ0n) is 14.3. The molecule has 0 aromatic carbocycles. The number of carbonyl (C=O) groups is 2. The van der Waals surface area contributed by atoms with Crippen LogP contribution < -0.4 is 5.32 Å². The van der Waals surface area contributed by atoms with E-state index in [9.17, 15) is 9.59 Å². The molecule has 2 saturated heterocycles. The molecular formula is C17H31N3O2. The lowest BCUT2D eigenvalue weighted by Crippen LogP contribution is -2.52. The van der Waals surface area contributed by atoms with Crippen molar-refractivity contribution in [2.75, 3.05) is 32.7 Å². The van der Waals surface area contributed by atoms with E-state index in [1.54, 1.807) is 6.92 Å². The van der Waals surface area contributed by atoms with Gasteiger partial charge in [-0.1, -0.05) is 13.8 Å². The van der Waals surface area contributed by atoms with Crippen molar-refractivity contribution in [2.45, 2.75) is 58.5 Å². The Morgan fingerprint density at radius 3 is 2.41 bits per heavy atom. The molecule has 1 N–H and O–H groups in total. The number of hydrogen-bond donors (Lipinski definition) is 1. The number of piperidine rings is 1. The molecule has 2 fully saturated rings. The summed E-state index contributed by atoms with van der Waals surface area (Å²) in [6.07, 6.45) is 5.03. The van der Waals surface area contributed by atoms with Crippen molar-refractivity contribution >= 4 is 11.7 Å². The molecule has 0 aromatic rings. The fraction of sp³-hybridized carbons (Fsp3) is 0.882. The molecule has 2 heterocycles. The molecule has 0 aromatic heterocycles. The largest absolute Gasteiger partial charge is 0.345 e. The topological polar surface area (TPSA) is 52.7 Å². The van der Waals surface area contributed by atoms with Crippen molar-refractivity contribution in [3.63, 3.8) is 0 Å². The van der Waals surface area contributed by atoms with Crippen LogP contribution in [0.3, 0.4) is 0 Å². The molecule has 2 aliphatic heterocycles. The van der Waals surface area contributed by atoms with Gasteiger partial charge in [0.05, 0.1) is 12.6 Å². The van der Waals surface area contributed by atoms with Gasteiger partial charge >= 0.3 is 0 Å². The maximum Gasteiger partial charge on any atom is 0.234 e. The first kappa shape index (κ1) is 17.4. The summed E-state index contributed by atoms with van der Waals surface area (Å²) >= 11 is 0. The summed E-state index contributed by atoms with van der Waals surface area (Å²) in [6, 6.07) is 0.254. The Morgan fingerprint density at radius 2 is 1.82 bits per heavy atom. The van der Waals surface area contributed by atoms with E-state index in [1.165, 1.54) is 32.4 Å². The normalized spacial score (nSPS) is 25.4. The van der Waals surface area contributed by atoms with Crippen LogP contribution in [0.15, 0.2) is 0 Å². The number of hydrogen-bond acceptors (Lipinski definition) is 4. The van der Waals surface area contributed by atoms with Gasteiger partial charge in [0.15, 0.2) is 5.78 Å². The first-order valence-corrected chi connectivity index (χ1v) is 8.73. The molecule has 0 spiro atoms. The number of rotatable bonds is 6. The van der Waals surface area contributed by atoms with E-state index in [1.807, 2.05) is 13.8 Å². The molecule has 0 bridgehead atoms. The summed E-state index contributed by atoms with van der Waals surface area (Å²) in [4.78, 5) is 28.7. The van der Waals surface area contributed by atoms with E-state index < -0.39 is 0 Å². The van der Waals surface area contributed by atoms with Crippen LogP contribution in [0.5, 0.6) is 0 Å². The number of ketones is 1. The Balaban J connectivity index is 1.81. The van der Waals surface area contributed by atoms with Gasteiger partial charge in [0, 0.05) is 12.6 Å². The summed E-state index contributed by atoms with van der Waals surface area (Å²) in [5, 5.41) is 2.90. The zero-order chi connectivity index (χ0) is 16.1. The van der Waals surface area contributed by atoms with Gasteiger partial charge in [-0.3, -0.25) is 19.4 Å². The minimum atomic E-state index is -0.355. The van der Waals surface area contributed by atoms with E-state index in [0.717, 1.165) is 19.5 Å². The van der Waals surface area contributed by atoms with Crippen LogP contribution in [0.1, 0.15) is 46.5 Å². The number of nitrogens with zero attached hydrogens (tertiary/aromatic N) is 2. The molecule has 2 aliphatic rings. The summed E-state index contributed by atoms with van der Waals surface area (Å²) in [5.41, 5.74) is 0. The second-order valence-corrected chi connectivity index (χ2v) is 7.17. The Bertz CT molecular complexity index is 391. The quantitative estimate of drug-likeness (QED) is 0.803. The zero-order valence-corrected chi connectivity index (χ0v) is 14.3. The maximum absolute atomic E-state index is 12.2. The predicted molar refractivity (Wildman–Crippen MR) is 87.7 cm³/mol. The monoisotopic (exact) mass is 309 g/mol. The van der Waals surface area contributed by atoms with Crippen molar-refractivity contribution in [1.29, 1.82) is 0 Å². The van der Waals surface area contributed by atoms with Gasteiger partial charge in [-0.15, -0.1) is 0 Å². The van der Waals surface area contributed by atoms with Crippen LogP contribution >= 0.6 is 0 Å². The Hall–Kier alpha value is -0.940. The van der Waals surface area contributed by atoms with Crippen molar-refractivity contribution < 1.29 is 9.59 Å². The van der Waals surface area contributed by atoms with E-state index in [4.69, 9.17) is 0 Å². The molecule has 0 aliphatic carbocycles. The molecule has 22 heavy (non-hydrogen) atoms. The summed E-state index contributed by atoms with van der Waals surface area (Å²) in [6.45, 7) is 10.3. The van der Waals surface area contributed by atoms with Gasteiger partial charge in [0.1, 0.15) is 0 Å². The SMILES string of the molecule is CC(=O)[C@H](NC(=O)CN1CCC[C@@H](N2CCCC2)C1)C(C)C. The maximum atomic E-state index is 12.2. The minimum absolute atomic E-state index is 0.0176. The molecule has 5 heteroatoms. The summed E-state index contributed by atoms with van der Waals surface area (Å²) in [7, 11) is 0. The average Bonchev–Trinajstić information content (AvgIpc) is 2.98. The van der Waals surface area contributed by atoms with Crippen LogP contribution in [0.4, 0.5) is 0 Å². The first-order chi connectivity index (χ1) is 10.5. The van der Waals surface area contributed by atoms with Crippen LogP contribution in [-0.4, -0.2) is 66.3 Å². The van der Waals surface area contributed by atoms with Gasteiger partial charge in [-0.25, -0.2) is 0 Å². The van der Waals surface area contributed by atoms with Gasteiger partial charge in [-0.05, 0) is 58.2 Å². The van der Waals surface area contributed by atoms with Crippen molar-refractivity contribution in [3.05, 3.63) is 0 Å². The number of nitrogens with one attached hydrogen (secondary N) is 1. The van der Waals surface area contributed by atoms with Crippen molar-refractivity contribution in [3.8, 4) is 0 Å². The minimum Gasteiger partial charge on any atom is -0.345 e. The fourth-order valence-electron chi connectivity index (χ4n) is 3.74. The lowest BCUT2D eigenvalue weighted by molar-refractivity contribution is -0.128. The van der Waals surface area contributed by atoms with E-state index >= 15 is 0 Å². The van der Waals surface area contributed by atoms with E-state index in [0.29, 0.717) is 12.6 Å². The Labute approximate surface area is 134 Å². The van der Waals surface area contributed by atoms with Gasteiger partial charge < -0.3 is 5.32 Å². The van der Waals surface area contributed by atoms with Gasteiger partial charge in [0.2, 0.25) is 5.91 Å². The lowest BCUT2D eigenvalue weighted by atomic mass is 10.0. The van der Waals surface area contributed by atoms with Gasteiger partial charge in [-0.2, -0.15) is 0 Å². The van der Waals surface area contributed by atoms with E-state index in [2.05, 4.69) is 15.1 Å². The highest BCUT2D eigenvalue weighted by Gasteiger charge is 2.28. The molecule has 5 nitrogen and oxygen atoms in total. The predicted octanol–water partition coefficient (Wildman–Crippen LogP) is 1.28. The third kappa shape index (κ3) is 4.78. The smallest absolute Gasteiger partial charge is 0.234 e. The number of likely N-dealkylation sites (tertiary alicyclic amines) is 2. The highest BCUT2D eigenvalue weighted by molar-refractivity contribution is 5.88. The third-order valence-electron chi connectivity index (χ3n) is 4.93. The second-order valence-electron chi connectivity index (χ2n) is 7.17. The molecule has 0 saturated carbocycles. The highest BCUT2D eigenvalue weighted by Crippen LogP contribution is 2.20. The van der Waals surface area contributed by atoms with Crippen LogP contribution in [-0.2, 0) is 9.59 Å². The Kier molecular flexibility index (Phi) is 6.38. The Morgan fingerprint density at radius 1 is 1.14 bits per heavy atom. The average molecular weight is 309 g/mol. The van der Waals surface area contributed by atoms with Crippen LogP contribution in [0.25, 0.3) is 0 Å². The second kappa shape index (κ2) is 8.06. The standard InChI is InChI=1S/C17H31N3O2/c1-13(2)17(14(3)21)18-16(22)12-19-8-6-7-15(11-19)20-9-4-5-10-20/h13,15,17H,4-12H2,1-3H3,(H,18,22)/t15-,17-/m1/s1. The molecule has 126 valence electrons.